The first-order valence-electron chi connectivity index (χ1n) is 5.07. The third-order valence-electron chi connectivity index (χ3n) is 2.54. The highest BCUT2D eigenvalue weighted by molar-refractivity contribution is 9.10. The minimum atomic E-state index is -1.20. The van der Waals surface area contributed by atoms with Crippen LogP contribution in [0.4, 0.5) is 8.78 Å². The molecular formula is C13H8Br2F2O. The van der Waals surface area contributed by atoms with E-state index in [2.05, 4.69) is 31.9 Å². The zero-order chi connectivity index (χ0) is 13.3. The van der Waals surface area contributed by atoms with Crippen molar-refractivity contribution in [2.75, 3.05) is 0 Å². The van der Waals surface area contributed by atoms with Gasteiger partial charge in [0, 0.05) is 5.56 Å². The second-order valence-corrected chi connectivity index (χ2v) is 5.43. The molecule has 1 unspecified atom stereocenters. The number of aliphatic hydroxyl groups is 1. The minimum absolute atomic E-state index is 0.103. The van der Waals surface area contributed by atoms with Crippen LogP contribution in [0.25, 0.3) is 0 Å². The van der Waals surface area contributed by atoms with Gasteiger partial charge in [-0.2, -0.15) is 0 Å². The lowest BCUT2D eigenvalue weighted by Gasteiger charge is -2.13. The van der Waals surface area contributed by atoms with Crippen molar-refractivity contribution in [1.29, 1.82) is 0 Å². The van der Waals surface area contributed by atoms with Crippen molar-refractivity contribution < 1.29 is 13.9 Å². The second kappa shape index (κ2) is 5.47. The van der Waals surface area contributed by atoms with Gasteiger partial charge in [-0.3, -0.25) is 0 Å². The molecule has 0 radical (unpaired) electrons. The maximum atomic E-state index is 13.8. The highest BCUT2D eigenvalue weighted by Gasteiger charge is 2.17. The van der Waals surface area contributed by atoms with Crippen LogP contribution >= 0.6 is 31.9 Å². The summed E-state index contributed by atoms with van der Waals surface area (Å²) in [7, 11) is 0. The molecule has 0 aromatic heterocycles. The fraction of sp³-hybridized carbons (Fsp3) is 0.0769. The van der Waals surface area contributed by atoms with Crippen molar-refractivity contribution in [3.63, 3.8) is 0 Å². The molecule has 2 rings (SSSR count). The van der Waals surface area contributed by atoms with Crippen LogP contribution in [-0.2, 0) is 0 Å². The Kier molecular flexibility index (Phi) is 4.14. The number of benzene rings is 2. The van der Waals surface area contributed by atoms with E-state index in [0.717, 1.165) is 0 Å². The highest BCUT2D eigenvalue weighted by atomic mass is 79.9. The van der Waals surface area contributed by atoms with Crippen LogP contribution < -0.4 is 0 Å². The van der Waals surface area contributed by atoms with E-state index in [1.165, 1.54) is 30.3 Å². The quantitative estimate of drug-likeness (QED) is 0.812. The molecule has 5 heteroatoms. The van der Waals surface area contributed by atoms with E-state index < -0.39 is 17.7 Å². The number of halogens is 4. The van der Waals surface area contributed by atoms with E-state index >= 15 is 0 Å². The van der Waals surface area contributed by atoms with Crippen LogP contribution in [0.2, 0.25) is 0 Å². The molecule has 0 saturated heterocycles. The van der Waals surface area contributed by atoms with Gasteiger partial charge in [0.15, 0.2) is 0 Å². The molecule has 1 N–H and O–H groups in total. The van der Waals surface area contributed by atoms with Crippen molar-refractivity contribution in [2.45, 2.75) is 6.10 Å². The Morgan fingerprint density at radius 1 is 1.00 bits per heavy atom. The maximum Gasteiger partial charge on any atom is 0.143 e. The average molecular weight is 378 g/mol. The number of hydrogen-bond acceptors (Lipinski definition) is 1. The van der Waals surface area contributed by atoms with Crippen LogP contribution in [0, 0.1) is 11.6 Å². The molecule has 0 fully saturated rings. The molecule has 0 aliphatic carbocycles. The first-order chi connectivity index (χ1) is 8.50. The third-order valence-corrected chi connectivity index (χ3v) is 3.79. The molecule has 2 aromatic rings. The predicted molar refractivity (Wildman–Crippen MR) is 72.3 cm³/mol. The first-order valence-corrected chi connectivity index (χ1v) is 6.66. The van der Waals surface area contributed by atoms with Gasteiger partial charge < -0.3 is 5.11 Å². The molecule has 0 spiro atoms. The van der Waals surface area contributed by atoms with E-state index in [1.54, 1.807) is 6.07 Å². The monoisotopic (exact) mass is 376 g/mol. The van der Waals surface area contributed by atoms with E-state index in [0.29, 0.717) is 10.0 Å². The van der Waals surface area contributed by atoms with Crippen molar-refractivity contribution in [3.8, 4) is 0 Å². The lowest BCUT2D eigenvalue weighted by molar-refractivity contribution is 0.214. The fourth-order valence-corrected chi connectivity index (χ4v) is 2.22. The van der Waals surface area contributed by atoms with Crippen LogP contribution in [0.1, 0.15) is 17.2 Å². The smallest absolute Gasteiger partial charge is 0.143 e. The van der Waals surface area contributed by atoms with Gasteiger partial charge in [-0.1, -0.05) is 18.2 Å². The molecule has 0 saturated carbocycles. The first kappa shape index (κ1) is 13.6. The lowest BCUT2D eigenvalue weighted by atomic mass is 10.0. The van der Waals surface area contributed by atoms with E-state index in [1.807, 2.05) is 0 Å². The zero-order valence-corrected chi connectivity index (χ0v) is 12.2. The van der Waals surface area contributed by atoms with Crippen molar-refractivity contribution in [2.24, 2.45) is 0 Å². The molecule has 0 aliphatic heterocycles. The highest BCUT2D eigenvalue weighted by Crippen LogP contribution is 2.29. The van der Waals surface area contributed by atoms with Crippen molar-refractivity contribution in [3.05, 3.63) is 68.1 Å². The van der Waals surface area contributed by atoms with Gasteiger partial charge in [0.2, 0.25) is 0 Å². The fourth-order valence-electron chi connectivity index (χ4n) is 1.59. The molecule has 0 heterocycles. The van der Waals surface area contributed by atoms with Gasteiger partial charge in [-0.05, 0) is 55.6 Å². The number of aliphatic hydroxyl groups excluding tert-OH is 1. The van der Waals surface area contributed by atoms with Gasteiger partial charge in [-0.15, -0.1) is 0 Å². The molecule has 1 nitrogen and oxygen atoms in total. The molecule has 2 aromatic carbocycles. The summed E-state index contributed by atoms with van der Waals surface area (Å²) in [5.41, 5.74) is 0.402. The van der Waals surface area contributed by atoms with Crippen molar-refractivity contribution >= 4 is 31.9 Å². The molecule has 18 heavy (non-hydrogen) atoms. The SMILES string of the molecule is OC(c1ccc(Br)c(F)c1)c1cccc(Br)c1F. The topological polar surface area (TPSA) is 20.2 Å². The Morgan fingerprint density at radius 2 is 1.72 bits per heavy atom. The van der Waals surface area contributed by atoms with Gasteiger partial charge in [-0.25, -0.2) is 8.78 Å². The number of hydrogen-bond donors (Lipinski definition) is 1. The summed E-state index contributed by atoms with van der Waals surface area (Å²) in [6.07, 6.45) is -1.20. The lowest BCUT2D eigenvalue weighted by Crippen LogP contribution is -2.03. The van der Waals surface area contributed by atoms with E-state index in [9.17, 15) is 13.9 Å². The maximum absolute atomic E-state index is 13.8. The largest absolute Gasteiger partial charge is 0.384 e. The summed E-state index contributed by atoms with van der Waals surface area (Å²) in [6, 6.07) is 8.80. The summed E-state index contributed by atoms with van der Waals surface area (Å²) in [6.45, 7) is 0. The van der Waals surface area contributed by atoms with Gasteiger partial charge in [0.25, 0.3) is 0 Å². The van der Waals surface area contributed by atoms with Gasteiger partial charge in [0.1, 0.15) is 17.7 Å². The Balaban J connectivity index is 2.44. The predicted octanol–water partition coefficient (Wildman–Crippen LogP) is 4.57. The van der Waals surface area contributed by atoms with Crippen LogP contribution in [0.5, 0.6) is 0 Å². The van der Waals surface area contributed by atoms with E-state index in [4.69, 9.17) is 0 Å². The summed E-state index contributed by atoms with van der Waals surface area (Å²) in [5.74, 6) is -1.05. The van der Waals surface area contributed by atoms with Crippen LogP contribution in [-0.4, -0.2) is 5.11 Å². The summed E-state index contributed by atoms with van der Waals surface area (Å²) < 4.78 is 27.7. The molecular weight excluding hydrogens is 370 g/mol. The molecule has 0 aliphatic rings. The molecule has 94 valence electrons. The van der Waals surface area contributed by atoms with Crippen molar-refractivity contribution in [1.82, 2.24) is 0 Å². The average Bonchev–Trinajstić information content (AvgIpc) is 2.35. The summed E-state index contributed by atoms with van der Waals surface area (Å²) >= 11 is 6.07. The number of rotatable bonds is 2. The van der Waals surface area contributed by atoms with E-state index in [-0.39, 0.29) is 10.0 Å². The minimum Gasteiger partial charge on any atom is -0.384 e. The second-order valence-electron chi connectivity index (χ2n) is 3.72. The van der Waals surface area contributed by atoms with Crippen LogP contribution in [0.15, 0.2) is 45.3 Å². The third kappa shape index (κ3) is 2.63. The summed E-state index contributed by atoms with van der Waals surface area (Å²) in [4.78, 5) is 0. The zero-order valence-electron chi connectivity index (χ0n) is 9.00. The Hall–Kier alpha value is -0.780. The molecule has 0 amide bonds. The van der Waals surface area contributed by atoms with Gasteiger partial charge in [0.05, 0.1) is 8.95 Å². The Bertz CT molecular complexity index is 587. The van der Waals surface area contributed by atoms with Gasteiger partial charge >= 0.3 is 0 Å². The standard InChI is InChI=1S/C13H8Br2F2O/c14-9-5-4-7(6-11(9)16)13(18)8-2-1-3-10(15)12(8)17/h1-6,13,18H. The normalized spacial score (nSPS) is 12.5. The Labute approximate surface area is 120 Å². The van der Waals surface area contributed by atoms with Crippen LogP contribution in [0.3, 0.4) is 0 Å². The Morgan fingerprint density at radius 3 is 2.39 bits per heavy atom. The summed E-state index contributed by atoms with van der Waals surface area (Å²) in [5, 5.41) is 10.1. The molecule has 0 bridgehead atoms. The molecule has 1 atom stereocenters.